The Balaban J connectivity index is 0.000000265. The van der Waals surface area contributed by atoms with Gasteiger partial charge in [-0.25, -0.2) is 0 Å². The van der Waals surface area contributed by atoms with E-state index in [-0.39, 0.29) is 0 Å². The van der Waals surface area contributed by atoms with Crippen molar-refractivity contribution in [3.63, 3.8) is 0 Å². The molecule has 1 aromatic rings. The van der Waals surface area contributed by atoms with Crippen LogP contribution in [0.4, 0.5) is 25.2 Å². The topological polar surface area (TPSA) is 3.88 Å². The van der Waals surface area contributed by atoms with Crippen LogP contribution < -0.4 is 4.57 Å². The third kappa shape index (κ3) is 19.3. The quantitative estimate of drug-likeness (QED) is 0.394. The van der Waals surface area contributed by atoms with Gasteiger partial charge in [0, 0.05) is 12.1 Å². The van der Waals surface area contributed by atoms with Crippen molar-refractivity contribution in [1.29, 1.82) is 0 Å². The Hall–Kier alpha value is -1.10. The van der Waals surface area contributed by atoms with Crippen LogP contribution in [0.1, 0.15) is 0 Å². The molecule has 0 atom stereocenters. The molecule has 0 saturated carbocycles. The molecule has 1 heterocycles. The van der Waals surface area contributed by atoms with Gasteiger partial charge >= 0.3 is 33.0 Å². The van der Waals surface area contributed by atoms with Crippen molar-refractivity contribution in [2.45, 2.75) is 0 Å². The molecule has 0 amide bonds. The van der Waals surface area contributed by atoms with E-state index < -0.39 is 7.81 Å². The standard InChI is InChI=1S/C7H8N.F6P/c1-2-8-6-4-3-5-7-8;1-7(2,3,4,5)6/h2-7H,1H2;/q+1;-1. The average molecular weight is 251 g/mol. The van der Waals surface area contributed by atoms with Gasteiger partial charge in [0.2, 0.25) is 0 Å². The zero-order chi connectivity index (χ0) is 12.2. The fraction of sp³-hybridized carbons (Fsp3) is 0. The van der Waals surface area contributed by atoms with Gasteiger partial charge in [0.25, 0.3) is 0 Å². The molecule has 0 fully saturated rings. The zero-order valence-electron chi connectivity index (χ0n) is 7.33. The fourth-order valence-corrected chi connectivity index (χ4v) is 0.534. The van der Waals surface area contributed by atoms with E-state index in [0.717, 1.165) is 0 Å². The van der Waals surface area contributed by atoms with Crippen LogP contribution in [-0.2, 0) is 0 Å². The van der Waals surface area contributed by atoms with E-state index in [1.165, 1.54) is 0 Å². The first-order chi connectivity index (χ1) is 6.38. The van der Waals surface area contributed by atoms with Crippen molar-refractivity contribution in [3.05, 3.63) is 37.2 Å². The van der Waals surface area contributed by atoms with Crippen LogP contribution in [0.3, 0.4) is 0 Å². The summed E-state index contributed by atoms with van der Waals surface area (Å²) in [7, 11) is -10.7. The van der Waals surface area contributed by atoms with Crippen LogP contribution in [0.15, 0.2) is 37.2 Å². The first-order valence-corrected chi connectivity index (χ1v) is 5.56. The number of rotatable bonds is 1. The van der Waals surface area contributed by atoms with Crippen LogP contribution in [0.5, 0.6) is 0 Å². The van der Waals surface area contributed by atoms with Gasteiger partial charge in [-0.3, -0.25) is 0 Å². The molecule has 0 aliphatic rings. The molecule has 1 aromatic heterocycles. The Kier molecular flexibility index (Phi) is 3.23. The normalized spacial score (nSPS) is 15.3. The summed E-state index contributed by atoms with van der Waals surface area (Å²) in [4.78, 5) is 0. The Morgan fingerprint density at radius 2 is 1.20 bits per heavy atom. The van der Waals surface area contributed by atoms with Crippen LogP contribution in [-0.4, -0.2) is 0 Å². The van der Waals surface area contributed by atoms with Gasteiger partial charge in [-0.1, -0.05) is 6.07 Å². The van der Waals surface area contributed by atoms with Gasteiger partial charge in [-0.05, 0) is 6.58 Å². The van der Waals surface area contributed by atoms with Gasteiger partial charge in [0.05, 0.1) is 0 Å². The second-order valence-electron chi connectivity index (χ2n) is 2.46. The minimum atomic E-state index is -10.7. The Labute approximate surface area is 81.9 Å². The van der Waals surface area contributed by atoms with Crippen LogP contribution in [0, 0.1) is 0 Å². The van der Waals surface area contributed by atoms with E-state index in [9.17, 15) is 25.2 Å². The summed E-state index contributed by atoms with van der Waals surface area (Å²) in [6.45, 7) is 3.59. The van der Waals surface area contributed by atoms with E-state index in [4.69, 9.17) is 0 Å². The minimum absolute atomic E-state index is 1.75. The summed E-state index contributed by atoms with van der Waals surface area (Å²) < 4.78 is 61.1. The first kappa shape index (κ1) is 13.9. The van der Waals surface area contributed by atoms with Crippen LogP contribution >= 0.6 is 7.81 Å². The maximum absolute atomic E-state index is 10.7. The predicted octanol–water partition coefficient (Wildman–Crippen LogP) is 4.46. The Bertz CT molecular complexity index is 316. The Morgan fingerprint density at radius 3 is 1.40 bits per heavy atom. The van der Waals surface area contributed by atoms with Crippen molar-refractivity contribution in [3.8, 4) is 0 Å². The molecule has 8 heteroatoms. The molecule has 0 unspecified atom stereocenters. The molecule has 1 rings (SSSR count). The maximum atomic E-state index is 9.87. The van der Waals surface area contributed by atoms with Crippen LogP contribution in [0.2, 0.25) is 0 Å². The van der Waals surface area contributed by atoms with Crippen molar-refractivity contribution in [2.24, 2.45) is 0 Å². The van der Waals surface area contributed by atoms with E-state index in [0.29, 0.717) is 0 Å². The number of hydrogen-bond acceptors (Lipinski definition) is 0. The van der Waals surface area contributed by atoms with E-state index in [1.807, 2.05) is 35.2 Å². The predicted molar refractivity (Wildman–Crippen MR) is 46.6 cm³/mol. The zero-order valence-corrected chi connectivity index (χ0v) is 8.23. The van der Waals surface area contributed by atoms with Crippen molar-refractivity contribution in [1.82, 2.24) is 0 Å². The van der Waals surface area contributed by atoms with E-state index >= 15 is 0 Å². The second-order valence-corrected chi connectivity index (χ2v) is 4.38. The molecule has 15 heavy (non-hydrogen) atoms. The molecular formula is C7H8F6NP. The number of pyridine rings is 1. The SMILES string of the molecule is C=C[n+]1ccccc1.F[P-](F)(F)(F)(F)F. The summed E-state index contributed by atoms with van der Waals surface area (Å²) in [5.74, 6) is 0. The fourth-order valence-electron chi connectivity index (χ4n) is 0.534. The van der Waals surface area contributed by atoms with Crippen molar-refractivity contribution >= 4 is 14.0 Å². The number of hydrogen-bond donors (Lipinski definition) is 0. The molecule has 0 bridgehead atoms. The Morgan fingerprint density at radius 1 is 0.867 bits per heavy atom. The van der Waals surface area contributed by atoms with Gasteiger partial charge in [-0.2, -0.15) is 4.57 Å². The van der Waals surface area contributed by atoms with Crippen LogP contribution in [0.25, 0.3) is 6.20 Å². The summed E-state index contributed by atoms with van der Waals surface area (Å²) in [5, 5.41) is 0. The molecular weight excluding hydrogens is 243 g/mol. The number of aromatic nitrogens is 1. The van der Waals surface area contributed by atoms with Crippen molar-refractivity contribution in [2.75, 3.05) is 0 Å². The van der Waals surface area contributed by atoms with Gasteiger partial charge in [0.15, 0.2) is 18.6 Å². The molecule has 0 aliphatic carbocycles. The third-order valence-corrected chi connectivity index (χ3v) is 0.949. The molecule has 0 aromatic carbocycles. The van der Waals surface area contributed by atoms with Gasteiger partial charge in [-0.15, -0.1) is 0 Å². The molecule has 0 N–H and O–H groups in total. The monoisotopic (exact) mass is 251 g/mol. The molecule has 88 valence electrons. The summed E-state index contributed by atoms with van der Waals surface area (Å²) >= 11 is 0. The summed E-state index contributed by atoms with van der Waals surface area (Å²) in [5.41, 5.74) is 0. The van der Waals surface area contributed by atoms with Gasteiger partial charge < -0.3 is 0 Å². The third-order valence-electron chi connectivity index (χ3n) is 0.949. The van der Waals surface area contributed by atoms with Crippen molar-refractivity contribution < 1.29 is 29.7 Å². The summed E-state index contributed by atoms with van der Waals surface area (Å²) in [6, 6.07) is 5.89. The average Bonchev–Trinajstić information content (AvgIpc) is 2.00. The number of nitrogens with zero attached hydrogens (tertiary/aromatic N) is 1. The van der Waals surface area contributed by atoms with E-state index in [1.54, 1.807) is 6.20 Å². The first-order valence-electron chi connectivity index (χ1n) is 3.53. The van der Waals surface area contributed by atoms with E-state index in [2.05, 4.69) is 6.58 Å². The molecule has 0 saturated heterocycles. The molecule has 1 nitrogen and oxygen atoms in total. The second kappa shape index (κ2) is 3.48. The molecule has 0 radical (unpaired) electrons. The molecule has 0 aliphatic heterocycles. The molecule has 0 spiro atoms. The van der Waals surface area contributed by atoms with Gasteiger partial charge in [0.1, 0.15) is 0 Å². The summed E-state index contributed by atoms with van der Waals surface area (Å²) in [6.07, 6.45) is 5.62. The number of halogens is 6.